The Labute approximate surface area is 381 Å². The van der Waals surface area contributed by atoms with Crippen molar-refractivity contribution in [3.05, 3.63) is 70.8 Å². The third-order valence-corrected chi connectivity index (χ3v) is 12.7. The zero-order chi connectivity index (χ0) is 43.7. The van der Waals surface area contributed by atoms with E-state index in [9.17, 15) is 0 Å². The summed E-state index contributed by atoms with van der Waals surface area (Å²) in [5, 5.41) is 0. The first-order valence-corrected chi connectivity index (χ1v) is 27.2. The van der Waals surface area contributed by atoms with Crippen LogP contribution in [-0.4, -0.2) is 11.9 Å². The Morgan fingerprint density at radius 2 is 0.639 bits per heavy atom. The predicted octanol–water partition coefficient (Wildman–Crippen LogP) is 20.3. The summed E-state index contributed by atoms with van der Waals surface area (Å²) in [7, 11) is 0. The molecular formula is C59H100N2. The first kappa shape index (κ1) is 54.7. The van der Waals surface area contributed by atoms with Gasteiger partial charge in [0.1, 0.15) is 0 Å². The number of aryl methyl sites for hydroxylation is 4. The highest BCUT2D eigenvalue weighted by Crippen LogP contribution is 2.24. The maximum Gasteiger partial charge on any atom is 0.0816 e. The van der Waals surface area contributed by atoms with Crippen molar-refractivity contribution >= 4 is 23.3 Å². The van der Waals surface area contributed by atoms with Crippen molar-refractivity contribution in [1.29, 1.82) is 0 Å². The first-order valence-electron chi connectivity index (χ1n) is 27.2. The second kappa shape index (κ2) is 40.3. The summed E-state index contributed by atoms with van der Waals surface area (Å²) in [6, 6.07) is 14.3. The number of hydrogen-bond acceptors (Lipinski definition) is 2. The first-order chi connectivity index (χ1) is 30.1. The third kappa shape index (κ3) is 31.1. The predicted molar refractivity (Wildman–Crippen MR) is 277 cm³/mol. The van der Waals surface area contributed by atoms with E-state index in [-0.39, 0.29) is 0 Å². The van der Waals surface area contributed by atoms with Crippen LogP contribution in [-0.2, 0) is 25.7 Å². The topological polar surface area (TPSA) is 24.7 Å². The van der Waals surface area contributed by atoms with Crippen LogP contribution in [0.4, 0.5) is 11.4 Å². The fourth-order valence-electron chi connectivity index (χ4n) is 8.82. The lowest BCUT2D eigenvalue weighted by molar-refractivity contribution is 0.520. The molecule has 0 amide bonds. The number of rotatable bonds is 42. The van der Waals surface area contributed by atoms with Crippen LogP contribution in [0.15, 0.2) is 58.5 Å². The van der Waals surface area contributed by atoms with E-state index < -0.39 is 0 Å². The molecule has 346 valence electrons. The van der Waals surface area contributed by atoms with E-state index >= 15 is 0 Å². The molecule has 0 bridgehead atoms. The normalized spacial score (nSPS) is 12.2. The van der Waals surface area contributed by atoms with Gasteiger partial charge in [0, 0.05) is 0 Å². The van der Waals surface area contributed by atoms with Gasteiger partial charge in [-0.1, -0.05) is 233 Å². The number of aliphatic imine (C=N–C) groups is 2. The highest BCUT2D eigenvalue weighted by atomic mass is 14.8. The number of allylic oxidation sites excluding steroid dienone is 2. The van der Waals surface area contributed by atoms with Crippen molar-refractivity contribution in [2.75, 3.05) is 0 Å². The van der Waals surface area contributed by atoms with Gasteiger partial charge in [-0.3, -0.25) is 4.99 Å². The van der Waals surface area contributed by atoms with Crippen molar-refractivity contribution in [2.24, 2.45) is 9.98 Å². The fourth-order valence-corrected chi connectivity index (χ4v) is 8.82. The average molecular weight is 837 g/mol. The van der Waals surface area contributed by atoms with E-state index in [0.29, 0.717) is 0 Å². The second-order valence-electron chi connectivity index (χ2n) is 18.9. The molecule has 2 aromatic carbocycles. The maximum absolute atomic E-state index is 5.32. The Morgan fingerprint density at radius 1 is 0.344 bits per heavy atom. The zero-order valence-corrected chi connectivity index (χ0v) is 41.5. The minimum absolute atomic E-state index is 0.970. The van der Waals surface area contributed by atoms with E-state index in [4.69, 9.17) is 9.98 Å². The van der Waals surface area contributed by atoms with Gasteiger partial charge in [-0.05, 0) is 117 Å². The lowest BCUT2D eigenvalue weighted by atomic mass is 10.00. The highest BCUT2D eigenvalue weighted by Gasteiger charge is 2.06. The molecule has 2 heteroatoms. The molecule has 0 saturated heterocycles. The molecule has 2 aromatic rings. The van der Waals surface area contributed by atoms with Crippen LogP contribution in [0.25, 0.3) is 0 Å². The third-order valence-electron chi connectivity index (χ3n) is 12.7. The van der Waals surface area contributed by atoms with Crippen LogP contribution >= 0.6 is 0 Å². The fraction of sp³-hybridized carbons (Fsp3) is 0.729. The van der Waals surface area contributed by atoms with E-state index in [1.807, 2.05) is 0 Å². The molecule has 0 aliphatic carbocycles. The maximum atomic E-state index is 5.32. The molecular weight excluding hydrogens is 737 g/mol. The van der Waals surface area contributed by atoms with Gasteiger partial charge in [0.15, 0.2) is 0 Å². The summed E-state index contributed by atoms with van der Waals surface area (Å²) in [6.45, 7) is 11.5. The average Bonchev–Trinajstić information content (AvgIpc) is 3.26. The Balaban J connectivity index is 1.93. The molecule has 2 rings (SSSR count). The summed E-state index contributed by atoms with van der Waals surface area (Å²) in [5.74, 6) is 0. The van der Waals surface area contributed by atoms with Gasteiger partial charge in [0.2, 0.25) is 0 Å². The van der Waals surface area contributed by atoms with Crippen molar-refractivity contribution < 1.29 is 0 Å². The van der Waals surface area contributed by atoms with Gasteiger partial charge in [0.25, 0.3) is 0 Å². The van der Waals surface area contributed by atoms with Crippen LogP contribution in [0.5, 0.6) is 0 Å². The molecule has 0 aliphatic rings. The van der Waals surface area contributed by atoms with E-state index in [0.717, 1.165) is 49.2 Å². The number of hydrogen-bond donors (Lipinski definition) is 0. The van der Waals surface area contributed by atoms with Gasteiger partial charge >= 0.3 is 0 Å². The molecule has 0 atom stereocenters. The number of nitrogens with zero attached hydrogens (tertiary/aromatic N) is 2. The smallest absolute Gasteiger partial charge is 0.0816 e. The van der Waals surface area contributed by atoms with Gasteiger partial charge in [-0.25, -0.2) is 4.99 Å². The Morgan fingerprint density at radius 3 is 0.984 bits per heavy atom. The number of benzene rings is 2. The summed E-state index contributed by atoms with van der Waals surface area (Å²) in [4.78, 5) is 10.5. The molecule has 0 saturated carbocycles. The van der Waals surface area contributed by atoms with Crippen molar-refractivity contribution in [1.82, 2.24) is 0 Å². The molecule has 0 N–H and O–H groups in total. The van der Waals surface area contributed by atoms with Gasteiger partial charge in [0.05, 0.1) is 23.3 Å². The SMILES string of the molecule is CCCCCCCCCCCCCCCCCCCCCCC/C=C/C(C=Nc1cc(CCCCC)cc(CCCCC)c1)=Nc1cc(CCCCC)cc(CCCCC)c1. The zero-order valence-electron chi connectivity index (χ0n) is 41.5. The highest BCUT2D eigenvalue weighted by molar-refractivity contribution is 6.36. The summed E-state index contributed by atoms with van der Waals surface area (Å²) >= 11 is 0. The lowest BCUT2D eigenvalue weighted by Crippen LogP contribution is -1.97. The minimum atomic E-state index is 0.970. The van der Waals surface area contributed by atoms with Crippen molar-refractivity contribution in [3.63, 3.8) is 0 Å². The quantitative estimate of drug-likeness (QED) is 0.0470. The summed E-state index contributed by atoms with van der Waals surface area (Å²) < 4.78 is 0. The van der Waals surface area contributed by atoms with Crippen LogP contribution in [0, 0.1) is 0 Å². The monoisotopic (exact) mass is 837 g/mol. The molecule has 0 fully saturated rings. The molecule has 61 heavy (non-hydrogen) atoms. The van der Waals surface area contributed by atoms with Crippen LogP contribution in [0.2, 0.25) is 0 Å². The Bertz CT molecular complexity index is 1320. The summed E-state index contributed by atoms with van der Waals surface area (Å²) in [5.41, 5.74) is 8.91. The van der Waals surface area contributed by atoms with Crippen molar-refractivity contribution in [2.45, 2.75) is 279 Å². The molecule has 0 unspecified atom stereocenters. The number of unbranched alkanes of at least 4 members (excludes halogenated alkanes) is 29. The van der Waals surface area contributed by atoms with Gasteiger partial charge in [-0.15, -0.1) is 0 Å². The summed E-state index contributed by atoms with van der Waals surface area (Å²) in [6.07, 6.45) is 57.5. The van der Waals surface area contributed by atoms with E-state index in [1.54, 1.807) is 0 Å². The van der Waals surface area contributed by atoms with E-state index in [1.165, 1.54) is 234 Å². The largest absolute Gasteiger partial charge is 0.255 e. The second-order valence-corrected chi connectivity index (χ2v) is 18.9. The molecule has 0 aromatic heterocycles. The molecule has 0 aliphatic heterocycles. The van der Waals surface area contributed by atoms with Gasteiger partial charge < -0.3 is 0 Å². The molecule has 0 heterocycles. The molecule has 0 radical (unpaired) electrons. The van der Waals surface area contributed by atoms with Gasteiger partial charge in [-0.2, -0.15) is 0 Å². The minimum Gasteiger partial charge on any atom is -0.255 e. The molecule has 0 spiro atoms. The van der Waals surface area contributed by atoms with Crippen molar-refractivity contribution in [3.8, 4) is 0 Å². The van der Waals surface area contributed by atoms with E-state index in [2.05, 4.69) is 89.4 Å². The van der Waals surface area contributed by atoms with Crippen LogP contribution in [0.1, 0.15) is 275 Å². The molecule has 2 nitrogen and oxygen atoms in total. The Hall–Kier alpha value is -2.48. The van der Waals surface area contributed by atoms with Crippen LogP contribution in [0.3, 0.4) is 0 Å². The lowest BCUT2D eigenvalue weighted by Gasteiger charge is -2.09. The standard InChI is InChI=1S/C59H100N2/c1-6-11-16-17-18-19-20-21-22-23-24-25-26-27-28-29-30-31-32-33-34-35-40-45-57(61-59-50-55(43-38-14-9-4)47-56(51-59)44-39-15-10-5)52-60-58-48-53(41-36-12-7-2)46-54(49-58)42-37-13-8-3/h40,45-52H,6-39,41-44H2,1-5H3/b45-40+,60-52?,61-57?. The Kier molecular flexibility index (Phi) is 36.1. The van der Waals surface area contributed by atoms with Crippen LogP contribution < -0.4 is 0 Å².